The molecule has 0 spiro atoms. The predicted octanol–water partition coefficient (Wildman–Crippen LogP) is 3.26. The third kappa shape index (κ3) is 4.01. The molecule has 0 heterocycles. The fourth-order valence-electron chi connectivity index (χ4n) is 2.37. The largest absolute Gasteiger partial charge is 0.493 e. The van der Waals surface area contributed by atoms with Crippen LogP contribution in [0.5, 0.6) is 11.5 Å². The molecule has 1 N–H and O–H groups in total. The lowest BCUT2D eigenvalue weighted by molar-refractivity contribution is 0.0950. The van der Waals surface area contributed by atoms with Crippen molar-refractivity contribution in [1.29, 1.82) is 0 Å². The lowest BCUT2D eigenvalue weighted by Gasteiger charge is -2.13. The van der Waals surface area contributed by atoms with Gasteiger partial charge in [-0.15, -0.1) is 0 Å². The first kappa shape index (κ1) is 17.7. The van der Waals surface area contributed by atoms with Crippen LogP contribution in [0.25, 0.3) is 0 Å². The maximum atomic E-state index is 13.6. The highest BCUT2D eigenvalue weighted by atomic mass is 19.1. The first-order chi connectivity index (χ1) is 11.5. The summed E-state index contributed by atoms with van der Waals surface area (Å²) in [6.07, 6.45) is 0.542. The second kappa shape index (κ2) is 7.77. The van der Waals surface area contributed by atoms with Gasteiger partial charge in [0.15, 0.2) is 11.5 Å². The van der Waals surface area contributed by atoms with E-state index in [2.05, 4.69) is 5.32 Å². The van der Waals surface area contributed by atoms with E-state index in [0.717, 1.165) is 23.3 Å². The van der Waals surface area contributed by atoms with Gasteiger partial charge in [0, 0.05) is 12.6 Å². The number of carbonyl (C=O) groups is 1. The van der Waals surface area contributed by atoms with E-state index in [9.17, 15) is 13.6 Å². The Bertz CT molecular complexity index is 747. The van der Waals surface area contributed by atoms with Crippen LogP contribution in [0.15, 0.2) is 30.3 Å². The second-order valence-corrected chi connectivity index (χ2v) is 5.26. The van der Waals surface area contributed by atoms with E-state index in [0.29, 0.717) is 30.5 Å². The van der Waals surface area contributed by atoms with E-state index in [1.54, 1.807) is 14.2 Å². The average Bonchev–Trinajstić information content (AvgIpc) is 2.55. The highest BCUT2D eigenvalue weighted by Crippen LogP contribution is 2.30. The van der Waals surface area contributed by atoms with Gasteiger partial charge in [-0.05, 0) is 48.7 Å². The minimum absolute atomic E-state index is 0.180. The number of benzene rings is 2. The molecule has 2 rings (SSSR count). The van der Waals surface area contributed by atoms with Crippen molar-refractivity contribution in [1.82, 2.24) is 5.32 Å². The summed E-state index contributed by atoms with van der Waals surface area (Å²) < 4.78 is 36.9. The summed E-state index contributed by atoms with van der Waals surface area (Å²) in [6.45, 7) is 2.24. The highest BCUT2D eigenvalue weighted by molar-refractivity contribution is 5.94. The number of aryl methyl sites for hydroxylation is 1. The molecule has 0 aliphatic rings. The number of halogens is 2. The minimum Gasteiger partial charge on any atom is -0.493 e. The molecule has 24 heavy (non-hydrogen) atoms. The highest BCUT2D eigenvalue weighted by Gasteiger charge is 2.13. The van der Waals surface area contributed by atoms with Gasteiger partial charge in [-0.25, -0.2) is 8.78 Å². The van der Waals surface area contributed by atoms with Crippen molar-refractivity contribution in [2.45, 2.75) is 13.3 Å². The molecular formula is C18H19F2NO3. The molecule has 0 unspecified atom stereocenters. The minimum atomic E-state index is -0.880. The lowest BCUT2D eigenvalue weighted by atomic mass is 10.0. The summed E-state index contributed by atoms with van der Waals surface area (Å²) >= 11 is 0. The third-order valence-electron chi connectivity index (χ3n) is 3.70. The molecule has 0 saturated carbocycles. The zero-order chi connectivity index (χ0) is 17.7. The van der Waals surface area contributed by atoms with Crippen LogP contribution >= 0.6 is 0 Å². The fraction of sp³-hybridized carbons (Fsp3) is 0.278. The monoisotopic (exact) mass is 335 g/mol. The Hall–Kier alpha value is -2.63. The van der Waals surface area contributed by atoms with Crippen molar-refractivity contribution in [2.75, 3.05) is 20.8 Å². The van der Waals surface area contributed by atoms with Crippen molar-refractivity contribution in [3.05, 3.63) is 58.7 Å². The zero-order valence-corrected chi connectivity index (χ0v) is 13.8. The molecule has 0 saturated heterocycles. The molecule has 4 nitrogen and oxygen atoms in total. The molecule has 0 aliphatic heterocycles. The number of hydrogen-bond donors (Lipinski definition) is 1. The maximum Gasteiger partial charge on any atom is 0.254 e. The van der Waals surface area contributed by atoms with Gasteiger partial charge < -0.3 is 14.8 Å². The Balaban J connectivity index is 2.02. The summed E-state index contributed by atoms with van der Waals surface area (Å²) in [7, 11) is 3.12. The van der Waals surface area contributed by atoms with E-state index < -0.39 is 17.5 Å². The number of ether oxygens (including phenoxy) is 2. The molecule has 1 amide bonds. The van der Waals surface area contributed by atoms with Crippen LogP contribution in [0.4, 0.5) is 8.78 Å². The summed E-state index contributed by atoms with van der Waals surface area (Å²) in [5.74, 6) is -0.935. The number of rotatable bonds is 6. The Labute approximate surface area is 139 Å². The summed E-state index contributed by atoms with van der Waals surface area (Å²) in [5.41, 5.74) is 1.79. The number of methoxy groups -OCH3 is 2. The quantitative estimate of drug-likeness (QED) is 0.881. The standard InChI is InChI=1S/C18H19F2NO3/c1-11-8-16(23-2)17(24-3)9-12(11)6-7-21-18(22)14-5-4-13(19)10-15(14)20/h4-5,8-10H,6-7H2,1-3H3,(H,21,22). The van der Waals surface area contributed by atoms with Crippen LogP contribution in [0, 0.1) is 18.6 Å². The van der Waals surface area contributed by atoms with Crippen LogP contribution in [-0.2, 0) is 6.42 Å². The molecule has 0 bridgehead atoms. The van der Waals surface area contributed by atoms with Gasteiger partial charge in [0.25, 0.3) is 5.91 Å². The van der Waals surface area contributed by atoms with Gasteiger partial charge >= 0.3 is 0 Å². The molecule has 0 fully saturated rings. The van der Waals surface area contributed by atoms with Gasteiger partial charge in [-0.2, -0.15) is 0 Å². The summed E-state index contributed by atoms with van der Waals surface area (Å²) in [5, 5.41) is 2.63. The Morgan fingerprint density at radius 3 is 2.38 bits per heavy atom. The number of hydrogen-bond acceptors (Lipinski definition) is 3. The van der Waals surface area contributed by atoms with Crippen LogP contribution < -0.4 is 14.8 Å². The zero-order valence-electron chi connectivity index (χ0n) is 13.8. The fourth-order valence-corrected chi connectivity index (χ4v) is 2.37. The molecule has 0 atom stereocenters. The number of nitrogens with one attached hydrogen (secondary N) is 1. The van der Waals surface area contributed by atoms with Crippen LogP contribution in [-0.4, -0.2) is 26.7 Å². The smallest absolute Gasteiger partial charge is 0.254 e. The summed E-state index contributed by atoms with van der Waals surface area (Å²) in [4.78, 5) is 12.0. The Kier molecular flexibility index (Phi) is 5.73. The number of carbonyl (C=O) groups excluding carboxylic acids is 1. The second-order valence-electron chi connectivity index (χ2n) is 5.26. The van der Waals surface area contributed by atoms with E-state index in [1.165, 1.54) is 0 Å². The maximum absolute atomic E-state index is 13.6. The van der Waals surface area contributed by atoms with Gasteiger partial charge in [0.05, 0.1) is 19.8 Å². The Morgan fingerprint density at radius 1 is 1.08 bits per heavy atom. The lowest BCUT2D eigenvalue weighted by Crippen LogP contribution is -2.26. The van der Waals surface area contributed by atoms with Gasteiger partial charge in [0.1, 0.15) is 11.6 Å². The average molecular weight is 335 g/mol. The first-order valence-electron chi connectivity index (χ1n) is 7.41. The van der Waals surface area contributed by atoms with Gasteiger partial charge in [-0.3, -0.25) is 4.79 Å². The van der Waals surface area contributed by atoms with Crippen molar-refractivity contribution in [3.63, 3.8) is 0 Å². The van der Waals surface area contributed by atoms with Gasteiger partial charge in [-0.1, -0.05) is 0 Å². The van der Waals surface area contributed by atoms with Crippen LogP contribution in [0.1, 0.15) is 21.5 Å². The SMILES string of the molecule is COc1cc(C)c(CCNC(=O)c2ccc(F)cc2F)cc1OC. The summed E-state index contributed by atoms with van der Waals surface area (Å²) in [6, 6.07) is 6.57. The topological polar surface area (TPSA) is 47.6 Å². The molecule has 0 radical (unpaired) electrons. The Morgan fingerprint density at radius 2 is 1.75 bits per heavy atom. The third-order valence-corrected chi connectivity index (χ3v) is 3.70. The molecular weight excluding hydrogens is 316 g/mol. The molecule has 0 aliphatic carbocycles. The molecule has 0 aromatic heterocycles. The molecule has 2 aromatic carbocycles. The molecule has 6 heteroatoms. The van der Waals surface area contributed by atoms with Gasteiger partial charge in [0.2, 0.25) is 0 Å². The van der Waals surface area contributed by atoms with E-state index in [-0.39, 0.29) is 5.56 Å². The van der Waals surface area contributed by atoms with Crippen LogP contribution in [0.3, 0.4) is 0 Å². The van der Waals surface area contributed by atoms with Crippen molar-refractivity contribution >= 4 is 5.91 Å². The van der Waals surface area contributed by atoms with E-state index >= 15 is 0 Å². The number of amides is 1. The van der Waals surface area contributed by atoms with Crippen molar-refractivity contribution < 1.29 is 23.0 Å². The van der Waals surface area contributed by atoms with E-state index in [1.807, 2.05) is 19.1 Å². The predicted molar refractivity (Wildman–Crippen MR) is 86.7 cm³/mol. The van der Waals surface area contributed by atoms with E-state index in [4.69, 9.17) is 9.47 Å². The molecule has 2 aromatic rings. The normalized spacial score (nSPS) is 10.4. The van der Waals surface area contributed by atoms with Crippen LogP contribution in [0.2, 0.25) is 0 Å². The molecule has 128 valence electrons. The van der Waals surface area contributed by atoms with Crippen molar-refractivity contribution in [2.24, 2.45) is 0 Å². The van der Waals surface area contributed by atoms with Crippen molar-refractivity contribution in [3.8, 4) is 11.5 Å². The first-order valence-corrected chi connectivity index (χ1v) is 7.41.